The molecule has 0 aliphatic rings. The number of halogens is 2. The molecule has 0 fully saturated rings. The van der Waals surface area contributed by atoms with E-state index < -0.39 is 0 Å². The molecule has 144 valence electrons. The lowest BCUT2D eigenvalue weighted by molar-refractivity contribution is 0.300. The smallest absolute Gasteiger partial charge is 0.191 e. The Morgan fingerprint density at radius 1 is 1.20 bits per heavy atom. The second-order valence-corrected chi connectivity index (χ2v) is 6.45. The summed E-state index contributed by atoms with van der Waals surface area (Å²) in [6.45, 7) is 9.17. The minimum Gasteiger partial charge on any atom is -0.356 e. The van der Waals surface area contributed by atoms with Gasteiger partial charge in [-0.15, -0.1) is 24.0 Å². The van der Waals surface area contributed by atoms with Crippen LogP contribution in [0.15, 0.2) is 23.2 Å². The lowest BCUT2D eigenvalue weighted by Gasteiger charge is -2.18. The first-order valence-electron chi connectivity index (χ1n) is 8.57. The Labute approximate surface area is 173 Å². The third-order valence-corrected chi connectivity index (χ3v) is 4.58. The van der Waals surface area contributed by atoms with Crippen LogP contribution < -0.4 is 10.6 Å². The van der Waals surface area contributed by atoms with Gasteiger partial charge >= 0.3 is 0 Å². The number of thioether (sulfide) groups is 1. The monoisotopic (exact) mass is 482 g/mol. The summed E-state index contributed by atoms with van der Waals surface area (Å²) in [5, 5.41) is 6.65. The van der Waals surface area contributed by atoms with E-state index in [4.69, 9.17) is 0 Å². The Morgan fingerprint density at radius 3 is 2.52 bits per heavy atom. The van der Waals surface area contributed by atoms with E-state index in [1.807, 2.05) is 12.3 Å². The van der Waals surface area contributed by atoms with E-state index >= 15 is 0 Å². The number of hydrogen-bond acceptors (Lipinski definition) is 3. The fraction of sp³-hybridized carbons (Fsp3) is 0.611. The Balaban J connectivity index is 0.00000576. The highest BCUT2D eigenvalue weighted by Crippen LogP contribution is 2.16. The summed E-state index contributed by atoms with van der Waals surface area (Å²) in [6.07, 6.45) is 3.11. The molecule has 0 amide bonds. The van der Waals surface area contributed by atoms with Crippen LogP contribution in [0.4, 0.5) is 4.39 Å². The van der Waals surface area contributed by atoms with Crippen LogP contribution >= 0.6 is 35.7 Å². The van der Waals surface area contributed by atoms with E-state index in [-0.39, 0.29) is 29.8 Å². The number of rotatable bonds is 10. The van der Waals surface area contributed by atoms with Gasteiger partial charge < -0.3 is 15.5 Å². The standard InChI is InChI=1S/C18H31FN4S.HI/c1-5-23(6-2)11-7-10-21-18(20-3)22-13-15-8-9-17(19)12-16(15)14-24-4;/h8-9,12H,5-7,10-11,13-14H2,1-4H3,(H2,20,21,22);1H. The van der Waals surface area contributed by atoms with Crippen LogP contribution in [0.5, 0.6) is 0 Å². The third kappa shape index (κ3) is 9.65. The molecule has 2 N–H and O–H groups in total. The van der Waals surface area contributed by atoms with Crippen molar-refractivity contribution in [2.45, 2.75) is 32.6 Å². The fourth-order valence-electron chi connectivity index (χ4n) is 2.51. The zero-order chi connectivity index (χ0) is 17.8. The largest absolute Gasteiger partial charge is 0.356 e. The average molecular weight is 482 g/mol. The number of nitrogens with zero attached hydrogens (tertiary/aromatic N) is 2. The minimum absolute atomic E-state index is 0. The number of hydrogen-bond donors (Lipinski definition) is 2. The topological polar surface area (TPSA) is 39.7 Å². The van der Waals surface area contributed by atoms with Gasteiger partial charge in [-0.25, -0.2) is 4.39 Å². The highest BCUT2D eigenvalue weighted by atomic mass is 127. The van der Waals surface area contributed by atoms with E-state index in [1.54, 1.807) is 24.9 Å². The average Bonchev–Trinajstić information content (AvgIpc) is 2.59. The summed E-state index contributed by atoms with van der Waals surface area (Å²) in [4.78, 5) is 6.66. The molecule has 25 heavy (non-hydrogen) atoms. The minimum atomic E-state index is -0.179. The van der Waals surface area contributed by atoms with Crippen molar-refractivity contribution in [3.05, 3.63) is 35.1 Å². The molecular weight excluding hydrogens is 450 g/mol. The molecule has 0 bridgehead atoms. The maximum Gasteiger partial charge on any atom is 0.191 e. The molecule has 4 nitrogen and oxygen atoms in total. The summed E-state index contributed by atoms with van der Waals surface area (Å²) in [6, 6.07) is 4.98. The molecule has 0 heterocycles. The van der Waals surface area contributed by atoms with Crippen molar-refractivity contribution in [2.75, 3.05) is 39.5 Å². The van der Waals surface area contributed by atoms with Gasteiger partial charge in [0.05, 0.1) is 0 Å². The SMILES string of the molecule is CCN(CC)CCCNC(=NC)NCc1ccc(F)cc1CSC.I. The highest BCUT2D eigenvalue weighted by molar-refractivity contribution is 14.0. The Hall–Kier alpha value is -0.540. The van der Waals surface area contributed by atoms with Crippen LogP contribution in [0, 0.1) is 5.82 Å². The fourth-order valence-corrected chi connectivity index (χ4v) is 3.09. The van der Waals surface area contributed by atoms with Crippen molar-refractivity contribution in [2.24, 2.45) is 4.99 Å². The van der Waals surface area contributed by atoms with Crippen molar-refractivity contribution >= 4 is 41.7 Å². The van der Waals surface area contributed by atoms with E-state index in [1.165, 1.54) is 6.07 Å². The predicted octanol–water partition coefficient (Wildman–Crippen LogP) is 3.70. The molecule has 1 rings (SSSR count). The van der Waals surface area contributed by atoms with Crippen LogP contribution in [0.1, 0.15) is 31.4 Å². The number of nitrogens with one attached hydrogen (secondary N) is 2. The van der Waals surface area contributed by atoms with Crippen LogP contribution in [0.25, 0.3) is 0 Å². The molecule has 1 aromatic carbocycles. The second kappa shape index (κ2) is 14.6. The summed E-state index contributed by atoms with van der Waals surface area (Å²) in [7, 11) is 1.77. The first-order chi connectivity index (χ1) is 11.6. The van der Waals surface area contributed by atoms with Gasteiger partial charge in [-0.2, -0.15) is 11.8 Å². The second-order valence-electron chi connectivity index (χ2n) is 5.58. The number of aliphatic imine (C=N–C) groups is 1. The molecule has 0 radical (unpaired) electrons. The molecule has 1 aromatic rings. The van der Waals surface area contributed by atoms with Gasteiger partial charge in [-0.1, -0.05) is 19.9 Å². The number of guanidine groups is 1. The summed E-state index contributed by atoms with van der Waals surface area (Å²) in [5.41, 5.74) is 2.14. The van der Waals surface area contributed by atoms with Crippen LogP contribution in [0.2, 0.25) is 0 Å². The van der Waals surface area contributed by atoms with Crippen LogP contribution in [-0.4, -0.2) is 50.3 Å². The lowest BCUT2D eigenvalue weighted by Crippen LogP contribution is -2.38. The van der Waals surface area contributed by atoms with E-state index in [0.717, 1.165) is 55.4 Å². The van der Waals surface area contributed by atoms with Crippen LogP contribution in [-0.2, 0) is 12.3 Å². The summed E-state index contributed by atoms with van der Waals surface area (Å²) in [5.74, 6) is 1.42. The molecule has 0 saturated heterocycles. The quantitative estimate of drug-likeness (QED) is 0.231. The molecular formula is C18H32FIN4S. The van der Waals surface area contributed by atoms with Crippen molar-refractivity contribution in [3.63, 3.8) is 0 Å². The summed E-state index contributed by atoms with van der Waals surface area (Å²) < 4.78 is 13.4. The van der Waals surface area contributed by atoms with Gasteiger partial charge in [0.25, 0.3) is 0 Å². The number of benzene rings is 1. The van der Waals surface area contributed by atoms with Crippen molar-refractivity contribution < 1.29 is 4.39 Å². The Kier molecular flexibility index (Phi) is 14.3. The Morgan fingerprint density at radius 2 is 1.92 bits per heavy atom. The zero-order valence-corrected chi connectivity index (χ0v) is 18.9. The molecule has 0 saturated carbocycles. The van der Waals surface area contributed by atoms with E-state index in [0.29, 0.717) is 6.54 Å². The zero-order valence-electron chi connectivity index (χ0n) is 15.8. The first kappa shape index (κ1) is 24.5. The molecule has 0 aromatic heterocycles. The van der Waals surface area contributed by atoms with Gasteiger partial charge in [0.15, 0.2) is 5.96 Å². The first-order valence-corrected chi connectivity index (χ1v) is 9.97. The molecule has 7 heteroatoms. The lowest BCUT2D eigenvalue weighted by atomic mass is 10.1. The maximum absolute atomic E-state index is 13.4. The van der Waals surface area contributed by atoms with Crippen molar-refractivity contribution in [3.8, 4) is 0 Å². The van der Waals surface area contributed by atoms with Gasteiger partial charge in [0.1, 0.15) is 5.82 Å². The summed E-state index contributed by atoms with van der Waals surface area (Å²) >= 11 is 1.70. The maximum atomic E-state index is 13.4. The van der Waals surface area contributed by atoms with Gasteiger partial charge in [-0.3, -0.25) is 4.99 Å². The van der Waals surface area contributed by atoms with Gasteiger partial charge in [-0.05, 0) is 55.6 Å². The predicted molar refractivity (Wildman–Crippen MR) is 120 cm³/mol. The van der Waals surface area contributed by atoms with Crippen molar-refractivity contribution in [1.82, 2.24) is 15.5 Å². The molecule has 0 unspecified atom stereocenters. The normalized spacial score (nSPS) is 11.4. The molecule has 0 spiro atoms. The van der Waals surface area contributed by atoms with Crippen LogP contribution in [0.3, 0.4) is 0 Å². The highest BCUT2D eigenvalue weighted by Gasteiger charge is 2.05. The Bertz CT molecular complexity index is 510. The van der Waals surface area contributed by atoms with Gasteiger partial charge in [0, 0.05) is 25.9 Å². The van der Waals surface area contributed by atoms with E-state index in [9.17, 15) is 4.39 Å². The van der Waals surface area contributed by atoms with Crippen molar-refractivity contribution in [1.29, 1.82) is 0 Å². The molecule has 0 atom stereocenters. The third-order valence-electron chi connectivity index (χ3n) is 3.98. The molecule has 0 aliphatic heterocycles. The molecule has 0 aliphatic carbocycles. The van der Waals surface area contributed by atoms with E-state index in [2.05, 4.69) is 34.4 Å². The van der Waals surface area contributed by atoms with Gasteiger partial charge in [0.2, 0.25) is 0 Å².